The molecule has 1 N–H and O–H groups in total. The minimum absolute atomic E-state index is 0.187. The molecule has 2 aromatic heterocycles. The summed E-state index contributed by atoms with van der Waals surface area (Å²) in [5, 5.41) is 11.0. The monoisotopic (exact) mass is 320 g/mol. The standard InChI is InChI=1S/C14H12N2O3S2/c1-9-2-3-11(6-12(9)13(17)18)21(19)8-10-7-16-4-5-20-14(16)15-10/h2-7H,8H2,1H3,(H,17,18). The second-order valence-corrected chi connectivity index (χ2v) is 6.92. The van der Waals surface area contributed by atoms with Crippen molar-refractivity contribution in [2.45, 2.75) is 17.6 Å². The molecule has 0 saturated heterocycles. The second kappa shape index (κ2) is 5.42. The van der Waals surface area contributed by atoms with E-state index in [4.69, 9.17) is 5.11 Å². The van der Waals surface area contributed by atoms with Crippen LogP contribution < -0.4 is 0 Å². The van der Waals surface area contributed by atoms with Crippen LogP contribution in [0.1, 0.15) is 21.6 Å². The molecule has 108 valence electrons. The highest BCUT2D eigenvalue weighted by Crippen LogP contribution is 2.18. The van der Waals surface area contributed by atoms with E-state index in [-0.39, 0.29) is 11.3 Å². The largest absolute Gasteiger partial charge is 0.478 e. The number of aromatic nitrogens is 2. The maximum atomic E-state index is 12.4. The number of carboxylic acids is 1. The molecular formula is C14H12N2O3S2. The number of thiazole rings is 1. The highest BCUT2D eigenvalue weighted by molar-refractivity contribution is 7.84. The van der Waals surface area contributed by atoms with Gasteiger partial charge in [0.15, 0.2) is 4.96 Å². The molecule has 21 heavy (non-hydrogen) atoms. The number of nitrogens with zero attached hydrogens (tertiary/aromatic N) is 2. The maximum absolute atomic E-state index is 12.4. The average molecular weight is 320 g/mol. The molecule has 3 rings (SSSR count). The van der Waals surface area contributed by atoms with Gasteiger partial charge in [-0.25, -0.2) is 9.78 Å². The normalized spacial score (nSPS) is 12.6. The molecule has 1 unspecified atom stereocenters. The molecule has 0 fully saturated rings. The van der Waals surface area contributed by atoms with E-state index in [0.717, 1.165) is 10.7 Å². The van der Waals surface area contributed by atoms with Crippen molar-refractivity contribution in [1.29, 1.82) is 0 Å². The Balaban J connectivity index is 1.86. The fourth-order valence-corrected chi connectivity index (χ4v) is 3.80. The number of carbonyl (C=O) groups is 1. The predicted octanol–water partition coefficient (Wildman–Crippen LogP) is 2.71. The van der Waals surface area contributed by atoms with Crippen LogP contribution >= 0.6 is 11.3 Å². The molecule has 2 heterocycles. The van der Waals surface area contributed by atoms with Crippen LogP contribution in [0.4, 0.5) is 0 Å². The summed E-state index contributed by atoms with van der Waals surface area (Å²) >= 11 is 1.51. The molecule has 0 spiro atoms. The zero-order valence-electron chi connectivity index (χ0n) is 11.1. The Hall–Kier alpha value is -1.99. The number of benzene rings is 1. The van der Waals surface area contributed by atoms with E-state index in [1.165, 1.54) is 17.4 Å². The van der Waals surface area contributed by atoms with Gasteiger partial charge in [-0.1, -0.05) is 6.07 Å². The summed E-state index contributed by atoms with van der Waals surface area (Å²) in [7, 11) is -1.31. The summed E-state index contributed by atoms with van der Waals surface area (Å²) in [5.74, 6) is -0.731. The lowest BCUT2D eigenvalue weighted by Crippen LogP contribution is -2.03. The molecular weight excluding hydrogens is 308 g/mol. The van der Waals surface area contributed by atoms with Crippen molar-refractivity contribution >= 4 is 33.1 Å². The molecule has 0 aliphatic carbocycles. The van der Waals surface area contributed by atoms with Gasteiger partial charge in [0, 0.05) is 22.7 Å². The van der Waals surface area contributed by atoms with Crippen LogP contribution in [-0.2, 0) is 16.6 Å². The van der Waals surface area contributed by atoms with Crippen molar-refractivity contribution in [2.24, 2.45) is 0 Å². The number of hydrogen-bond donors (Lipinski definition) is 1. The van der Waals surface area contributed by atoms with E-state index in [2.05, 4.69) is 4.98 Å². The quantitative estimate of drug-likeness (QED) is 0.802. The lowest BCUT2D eigenvalue weighted by atomic mass is 10.1. The third-order valence-corrected chi connectivity index (χ3v) is 5.23. The predicted molar refractivity (Wildman–Crippen MR) is 81.3 cm³/mol. The van der Waals surface area contributed by atoms with Gasteiger partial charge < -0.3 is 5.11 Å². The van der Waals surface area contributed by atoms with Crippen LogP contribution in [0.25, 0.3) is 4.96 Å². The van der Waals surface area contributed by atoms with Gasteiger partial charge >= 0.3 is 5.97 Å². The van der Waals surface area contributed by atoms with Gasteiger partial charge in [-0.15, -0.1) is 11.3 Å². The van der Waals surface area contributed by atoms with Crippen molar-refractivity contribution < 1.29 is 14.1 Å². The number of rotatable bonds is 4. The highest BCUT2D eigenvalue weighted by Gasteiger charge is 2.13. The number of carboxylic acid groups (broad SMARTS) is 1. The first-order chi connectivity index (χ1) is 10.0. The highest BCUT2D eigenvalue weighted by atomic mass is 32.2. The van der Waals surface area contributed by atoms with Gasteiger partial charge in [-0.2, -0.15) is 0 Å². The van der Waals surface area contributed by atoms with Crippen molar-refractivity contribution in [3.05, 3.63) is 52.8 Å². The Kier molecular flexibility index (Phi) is 3.60. The molecule has 0 aliphatic rings. The summed E-state index contributed by atoms with van der Waals surface area (Å²) in [5.41, 5.74) is 1.58. The molecule has 0 saturated carbocycles. The van der Waals surface area contributed by atoms with Gasteiger partial charge in [-0.3, -0.25) is 8.61 Å². The zero-order valence-corrected chi connectivity index (χ0v) is 12.8. The molecule has 0 amide bonds. The summed E-state index contributed by atoms with van der Waals surface area (Å²) in [6, 6.07) is 4.87. The van der Waals surface area contributed by atoms with Crippen molar-refractivity contribution in [2.75, 3.05) is 0 Å². The maximum Gasteiger partial charge on any atom is 0.335 e. The summed E-state index contributed by atoms with van der Waals surface area (Å²) in [6.45, 7) is 1.72. The van der Waals surface area contributed by atoms with Crippen LogP contribution in [0.5, 0.6) is 0 Å². The average Bonchev–Trinajstić information content (AvgIpc) is 2.99. The lowest BCUT2D eigenvalue weighted by Gasteiger charge is -2.04. The van der Waals surface area contributed by atoms with Crippen molar-refractivity contribution in [3.8, 4) is 0 Å². The van der Waals surface area contributed by atoms with Gasteiger partial charge in [-0.05, 0) is 24.6 Å². The molecule has 0 aliphatic heterocycles. The third kappa shape index (κ3) is 2.74. The first-order valence-corrected chi connectivity index (χ1v) is 8.38. The topological polar surface area (TPSA) is 71.7 Å². The Labute approximate surface area is 127 Å². The van der Waals surface area contributed by atoms with Crippen LogP contribution in [0.2, 0.25) is 0 Å². The number of aryl methyl sites for hydroxylation is 1. The SMILES string of the molecule is Cc1ccc(S(=O)Cc2cn3ccsc3n2)cc1C(=O)O. The Bertz CT molecular complexity index is 822. The van der Waals surface area contributed by atoms with Gasteiger partial charge in [0.25, 0.3) is 0 Å². The molecule has 1 atom stereocenters. The van der Waals surface area contributed by atoms with Crippen molar-refractivity contribution in [3.63, 3.8) is 0 Å². The van der Waals surface area contributed by atoms with Gasteiger partial charge in [0.05, 0.1) is 27.8 Å². The van der Waals surface area contributed by atoms with Gasteiger partial charge in [0.2, 0.25) is 0 Å². The van der Waals surface area contributed by atoms with E-state index < -0.39 is 16.8 Å². The lowest BCUT2D eigenvalue weighted by molar-refractivity contribution is 0.0696. The Morgan fingerprint density at radius 2 is 2.29 bits per heavy atom. The third-order valence-electron chi connectivity index (χ3n) is 3.12. The molecule has 5 nitrogen and oxygen atoms in total. The molecule has 0 bridgehead atoms. The molecule has 0 radical (unpaired) electrons. The van der Waals surface area contributed by atoms with Crippen LogP contribution in [0.15, 0.2) is 40.9 Å². The number of fused-ring (bicyclic) bond motifs is 1. The minimum Gasteiger partial charge on any atom is -0.478 e. The van der Waals surface area contributed by atoms with E-state index in [1.807, 2.05) is 22.2 Å². The number of aromatic carboxylic acids is 1. The van der Waals surface area contributed by atoms with E-state index >= 15 is 0 Å². The number of hydrogen-bond acceptors (Lipinski definition) is 4. The fraction of sp³-hybridized carbons (Fsp3) is 0.143. The molecule has 3 aromatic rings. The first kappa shape index (κ1) is 14.0. The smallest absolute Gasteiger partial charge is 0.335 e. The molecule has 7 heteroatoms. The zero-order chi connectivity index (χ0) is 15.0. The first-order valence-electron chi connectivity index (χ1n) is 6.18. The van der Waals surface area contributed by atoms with Crippen LogP contribution in [0, 0.1) is 6.92 Å². The van der Waals surface area contributed by atoms with E-state index in [0.29, 0.717) is 10.5 Å². The Morgan fingerprint density at radius 1 is 1.48 bits per heavy atom. The second-order valence-electron chi connectivity index (χ2n) is 4.60. The van der Waals surface area contributed by atoms with Crippen molar-refractivity contribution in [1.82, 2.24) is 9.38 Å². The fourth-order valence-electron chi connectivity index (χ4n) is 2.04. The van der Waals surface area contributed by atoms with E-state index in [1.54, 1.807) is 19.1 Å². The minimum atomic E-state index is -1.31. The molecule has 1 aromatic carbocycles. The number of imidazole rings is 1. The van der Waals surface area contributed by atoms with Gasteiger partial charge in [0.1, 0.15) is 0 Å². The van der Waals surface area contributed by atoms with Crippen LogP contribution in [-0.4, -0.2) is 24.7 Å². The Morgan fingerprint density at radius 3 is 3.00 bits per heavy atom. The van der Waals surface area contributed by atoms with Crippen LogP contribution in [0.3, 0.4) is 0 Å². The summed E-state index contributed by atoms with van der Waals surface area (Å²) < 4.78 is 14.3. The summed E-state index contributed by atoms with van der Waals surface area (Å²) in [4.78, 5) is 16.9. The van der Waals surface area contributed by atoms with E-state index in [9.17, 15) is 9.00 Å². The summed E-state index contributed by atoms with van der Waals surface area (Å²) in [6.07, 6.45) is 3.74.